The van der Waals surface area contributed by atoms with Gasteiger partial charge in [-0.15, -0.1) is 11.3 Å². The number of nitrogens with one attached hydrogen (secondary N) is 1. The topological polar surface area (TPSA) is 54.9 Å². The fourth-order valence-electron chi connectivity index (χ4n) is 1.17. The second-order valence-corrected chi connectivity index (χ2v) is 4.23. The van der Waals surface area contributed by atoms with Crippen LogP contribution in [0.2, 0.25) is 5.15 Å². The van der Waals surface area contributed by atoms with Crippen molar-refractivity contribution < 1.29 is 9.18 Å². The molecule has 0 atom stereocenters. The van der Waals surface area contributed by atoms with E-state index in [0.29, 0.717) is 0 Å². The number of aromatic nitrogens is 2. The van der Waals surface area contributed by atoms with Gasteiger partial charge in [-0.05, 0) is 6.07 Å². The molecule has 0 bridgehead atoms. The van der Waals surface area contributed by atoms with Crippen LogP contribution < -0.4 is 5.32 Å². The van der Waals surface area contributed by atoms with Crippen LogP contribution in [0.5, 0.6) is 0 Å². The number of nitrogens with zero attached hydrogens (tertiary/aromatic N) is 2. The molecule has 1 N–H and O–H groups in total. The minimum absolute atomic E-state index is 0.0156. The average molecular weight is 272 g/mol. The summed E-state index contributed by atoms with van der Waals surface area (Å²) in [5, 5.41) is 4.37. The lowest BCUT2D eigenvalue weighted by atomic mass is 10.2. The zero-order valence-electron chi connectivity index (χ0n) is 8.48. The summed E-state index contributed by atoms with van der Waals surface area (Å²) in [6, 6.07) is 1.05. The fraction of sp³-hybridized carbons (Fsp3) is 0.100. The molecule has 0 saturated heterocycles. The van der Waals surface area contributed by atoms with Gasteiger partial charge in [-0.2, -0.15) is 0 Å². The van der Waals surface area contributed by atoms with Crippen molar-refractivity contribution in [2.45, 2.75) is 6.54 Å². The normalized spacial score (nSPS) is 10.2. The quantitative estimate of drug-likeness (QED) is 0.871. The summed E-state index contributed by atoms with van der Waals surface area (Å²) in [7, 11) is 0. The fourth-order valence-corrected chi connectivity index (χ4v) is 1.92. The molecule has 0 aliphatic rings. The number of halogens is 2. The third-order valence-electron chi connectivity index (χ3n) is 1.96. The van der Waals surface area contributed by atoms with Crippen molar-refractivity contribution in [2.75, 3.05) is 0 Å². The van der Waals surface area contributed by atoms with Crippen molar-refractivity contribution in [2.24, 2.45) is 0 Å². The van der Waals surface area contributed by atoms with Crippen LogP contribution in [0.3, 0.4) is 0 Å². The lowest BCUT2D eigenvalue weighted by Gasteiger charge is -2.04. The smallest absolute Gasteiger partial charge is 0.254 e. The molecule has 2 aromatic rings. The molecule has 2 heterocycles. The highest BCUT2D eigenvalue weighted by Crippen LogP contribution is 2.13. The van der Waals surface area contributed by atoms with E-state index >= 15 is 0 Å². The highest BCUT2D eigenvalue weighted by molar-refractivity contribution is 7.07. The zero-order chi connectivity index (χ0) is 12.3. The van der Waals surface area contributed by atoms with E-state index in [1.165, 1.54) is 11.3 Å². The summed E-state index contributed by atoms with van der Waals surface area (Å²) in [5.41, 5.74) is 2.42. The molecule has 2 aromatic heterocycles. The maximum Gasteiger partial charge on any atom is 0.254 e. The first-order chi connectivity index (χ1) is 8.16. The Balaban J connectivity index is 2.07. The third-order valence-corrected chi connectivity index (χ3v) is 2.90. The molecule has 7 heteroatoms. The minimum atomic E-state index is -0.604. The molecule has 17 heavy (non-hydrogen) atoms. The van der Waals surface area contributed by atoms with Gasteiger partial charge < -0.3 is 5.32 Å². The summed E-state index contributed by atoms with van der Waals surface area (Å²) in [5.74, 6) is -1.08. The summed E-state index contributed by atoms with van der Waals surface area (Å²) < 4.78 is 12.9. The minimum Gasteiger partial charge on any atom is -0.346 e. The van der Waals surface area contributed by atoms with Crippen molar-refractivity contribution in [3.05, 3.63) is 45.4 Å². The lowest BCUT2D eigenvalue weighted by Crippen LogP contribution is -2.23. The molecule has 1 amide bonds. The number of thiazole rings is 1. The van der Waals surface area contributed by atoms with Crippen molar-refractivity contribution >= 4 is 28.8 Å². The number of pyridine rings is 1. The van der Waals surface area contributed by atoms with Crippen LogP contribution in [0.4, 0.5) is 4.39 Å². The number of carbonyl (C=O) groups is 1. The van der Waals surface area contributed by atoms with E-state index in [-0.39, 0.29) is 17.3 Å². The molecule has 0 fully saturated rings. The van der Waals surface area contributed by atoms with Crippen LogP contribution in [0.1, 0.15) is 16.1 Å². The van der Waals surface area contributed by atoms with Crippen LogP contribution in [-0.4, -0.2) is 15.9 Å². The second kappa shape index (κ2) is 5.20. The SMILES string of the molecule is O=C(NCc1cscn1)c1cc(F)cnc1Cl. The first-order valence-electron chi connectivity index (χ1n) is 4.63. The standard InChI is InChI=1S/C10H7ClFN3OS/c11-9-8(1-6(12)2-13-9)10(16)14-3-7-4-17-5-15-7/h1-2,4-5H,3H2,(H,14,16). The van der Waals surface area contributed by atoms with Crippen molar-refractivity contribution in [3.8, 4) is 0 Å². The van der Waals surface area contributed by atoms with Gasteiger partial charge in [-0.1, -0.05) is 11.6 Å². The monoisotopic (exact) mass is 271 g/mol. The Morgan fingerprint density at radius 2 is 2.35 bits per heavy atom. The molecule has 0 aliphatic heterocycles. The van der Waals surface area contributed by atoms with Gasteiger partial charge in [0, 0.05) is 5.38 Å². The van der Waals surface area contributed by atoms with Crippen molar-refractivity contribution in [1.29, 1.82) is 0 Å². The van der Waals surface area contributed by atoms with E-state index in [1.54, 1.807) is 5.51 Å². The van der Waals surface area contributed by atoms with Crippen molar-refractivity contribution in [3.63, 3.8) is 0 Å². The highest BCUT2D eigenvalue weighted by Gasteiger charge is 2.12. The Morgan fingerprint density at radius 3 is 3.06 bits per heavy atom. The Kier molecular flexibility index (Phi) is 3.65. The van der Waals surface area contributed by atoms with E-state index in [4.69, 9.17) is 11.6 Å². The van der Waals surface area contributed by atoms with Gasteiger partial charge in [0.1, 0.15) is 11.0 Å². The Bertz CT molecular complexity index is 532. The molecule has 0 saturated carbocycles. The molecule has 88 valence electrons. The van der Waals surface area contributed by atoms with Crippen LogP contribution >= 0.6 is 22.9 Å². The summed E-state index contributed by atoms with van der Waals surface area (Å²) in [4.78, 5) is 19.3. The lowest BCUT2D eigenvalue weighted by molar-refractivity contribution is 0.0950. The number of carbonyl (C=O) groups excluding carboxylic acids is 1. The first kappa shape index (κ1) is 11.9. The molecule has 0 spiro atoms. The van der Waals surface area contributed by atoms with E-state index in [0.717, 1.165) is 18.0 Å². The first-order valence-corrected chi connectivity index (χ1v) is 5.95. The molecule has 0 aromatic carbocycles. The van der Waals surface area contributed by atoms with Gasteiger partial charge in [0.25, 0.3) is 5.91 Å². The van der Waals surface area contributed by atoms with Gasteiger partial charge >= 0.3 is 0 Å². The van der Waals surface area contributed by atoms with Crippen LogP contribution in [0.15, 0.2) is 23.2 Å². The van der Waals surface area contributed by atoms with Gasteiger partial charge in [-0.3, -0.25) is 4.79 Å². The van der Waals surface area contributed by atoms with E-state index < -0.39 is 11.7 Å². The maximum atomic E-state index is 12.9. The molecular formula is C10H7ClFN3OS. The zero-order valence-corrected chi connectivity index (χ0v) is 10.1. The molecular weight excluding hydrogens is 265 g/mol. The van der Waals surface area contributed by atoms with Gasteiger partial charge in [0.15, 0.2) is 0 Å². The van der Waals surface area contributed by atoms with Crippen molar-refractivity contribution in [1.82, 2.24) is 15.3 Å². The average Bonchev–Trinajstić information content (AvgIpc) is 2.82. The Labute approximate surface area is 105 Å². The summed E-state index contributed by atoms with van der Waals surface area (Å²) in [6.45, 7) is 0.273. The van der Waals surface area contributed by atoms with Crippen LogP contribution in [0.25, 0.3) is 0 Å². The predicted molar refractivity (Wildman–Crippen MR) is 62.5 cm³/mol. The molecule has 4 nitrogen and oxygen atoms in total. The van der Waals surface area contributed by atoms with Gasteiger partial charge in [-0.25, -0.2) is 14.4 Å². The molecule has 0 radical (unpaired) electrons. The number of hydrogen-bond donors (Lipinski definition) is 1. The van der Waals surface area contributed by atoms with E-state index in [2.05, 4.69) is 15.3 Å². The molecule has 2 rings (SSSR count). The number of hydrogen-bond acceptors (Lipinski definition) is 4. The Hall–Kier alpha value is -1.53. The number of amides is 1. The van der Waals surface area contributed by atoms with Crippen LogP contribution in [0, 0.1) is 5.82 Å². The maximum absolute atomic E-state index is 12.9. The van der Waals surface area contributed by atoms with Crippen LogP contribution in [-0.2, 0) is 6.54 Å². The van der Waals surface area contributed by atoms with E-state index in [9.17, 15) is 9.18 Å². The third kappa shape index (κ3) is 2.98. The van der Waals surface area contributed by atoms with Gasteiger partial charge in [0.05, 0.1) is 29.5 Å². The summed E-state index contributed by atoms with van der Waals surface area (Å²) in [6.07, 6.45) is 0.958. The molecule has 0 unspecified atom stereocenters. The predicted octanol–water partition coefficient (Wildman–Crippen LogP) is 2.26. The van der Waals surface area contributed by atoms with E-state index in [1.807, 2.05) is 5.38 Å². The highest BCUT2D eigenvalue weighted by atomic mass is 35.5. The largest absolute Gasteiger partial charge is 0.346 e. The summed E-state index contributed by atoms with van der Waals surface area (Å²) >= 11 is 7.13. The molecule has 0 aliphatic carbocycles. The Morgan fingerprint density at radius 1 is 1.53 bits per heavy atom. The second-order valence-electron chi connectivity index (χ2n) is 3.15. The van der Waals surface area contributed by atoms with Gasteiger partial charge in [0.2, 0.25) is 0 Å². The number of rotatable bonds is 3.